The van der Waals surface area contributed by atoms with E-state index in [0.717, 1.165) is 48.0 Å². The Morgan fingerprint density at radius 2 is 1.97 bits per heavy atom. The first-order valence-corrected chi connectivity index (χ1v) is 11.4. The minimum atomic E-state index is -1.27. The molecule has 1 saturated carbocycles. The second-order valence-electron chi connectivity index (χ2n) is 9.37. The molecule has 0 radical (unpaired) electrons. The fourth-order valence-electron chi connectivity index (χ4n) is 5.29. The molecule has 34 heavy (non-hydrogen) atoms. The van der Waals surface area contributed by atoms with E-state index in [4.69, 9.17) is 18.9 Å². The molecule has 168 valence electrons. The molecule has 1 spiro atoms. The maximum Gasteiger partial charge on any atom is 1.00 e. The molecule has 2 fully saturated rings. The van der Waals surface area contributed by atoms with Crippen molar-refractivity contribution in [1.29, 1.82) is 0 Å². The van der Waals surface area contributed by atoms with Crippen LogP contribution in [0.3, 0.4) is 0 Å². The Hall–Kier alpha value is -2.38. The molecule has 3 heterocycles. The molecule has 1 aliphatic heterocycles. The molecule has 0 amide bonds. The standard InChI is InChI=1S/C27H25NO5.Na/c1-15-7-8-22(31-14-17-12-27(13-17)9-10-32-27)23-19(26(29)30)11-20(28-24(15)23)25-16(2)18-5-3-4-6-21(18)33-25;/h3-8,11,17H,9-10,12-14H2,1-2H3,(H,29,30);/q;+1/p-1. The van der Waals surface area contributed by atoms with Gasteiger partial charge in [0, 0.05) is 16.5 Å². The smallest absolute Gasteiger partial charge is 0.545 e. The van der Waals surface area contributed by atoms with Crippen LogP contribution in [0.5, 0.6) is 5.75 Å². The van der Waals surface area contributed by atoms with Gasteiger partial charge in [-0.15, -0.1) is 0 Å². The third-order valence-corrected chi connectivity index (χ3v) is 7.18. The van der Waals surface area contributed by atoms with Gasteiger partial charge in [-0.2, -0.15) is 0 Å². The van der Waals surface area contributed by atoms with E-state index in [2.05, 4.69) is 0 Å². The fourth-order valence-corrected chi connectivity index (χ4v) is 5.29. The Labute approximate surface area is 219 Å². The summed E-state index contributed by atoms with van der Waals surface area (Å²) < 4.78 is 17.9. The average Bonchev–Trinajstić information content (AvgIpc) is 3.09. The zero-order valence-corrected chi connectivity index (χ0v) is 21.6. The molecule has 2 aliphatic rings. The quantitative estimate of drug-likeness (QED) is 0.416. The van der Waals surface area contributed by atoms with Gasteiger partial charge in [0.1, 0.15) is 17.0 Å². The normalized spacial score (nSPS) is 21.2. The Bertz CT molecular complexity index is 1410. The van der Waals surface area contributed by atoms with Gasteiger partial charge in [0.25, 0.3) is 0 Å². The van der Waals surface area contributed by atoms with Crippen LogP contribution in [-0.2, 0) is 4.74 Å². The van der Waals surface area contributed by atoms with Gasteiger partial charge in [0.15, 0.2) is 5.76 Å². The van der Waals surface area contributed by atoms with Crippen LogP contribution in [0.1, 0.15) is 40.7 Å². The molecular weight excluding hydrogens is 441 g/mol. The minimum Gasteiger partial charge on any atom is -0.545 e. The van der Waals surface area contributed by atoms with Crippen molar-refractivity contribution < 1.29 is 53.3 Å². The van der Waals surface area contributed by atoms with Crippen LogP contribution in [0.15, 0.2) is 46.9 Å². The van der Waals surface area contributed by atoms with Crippen molar-refractivity contribution in [2.24, 2.45) is 5.92 Å². The molecule has 0 unspecified atom stereocenters. The van der Waals surface area contributed by atoms with Crippen molar-refractivity contribution in [1.82, 2.24) is 4.98 Å². The van der Waals surface area contributed by atoms with Gasteiger partial charge < -0.3 is 23.8 Å². The van der Waals surface area contributed by atoms with E-state index in [1.54, 1.807) is 0 Å². The number of benzene rings is 2. The van der Waals surface area contributed by atoms with Gasteiger partial charge in [0.2, 0.25) is 0 Å². The van der Waals surface area contributed by atoms with Gasteiger partial charge in [-0.05, 0) is 62.8 Å². The molecule has 0 atom stereocenters. The van der Waals surface area contributed by atoms with Gasteiger partial charge in [0.05, 0.1) is 35.7 Å². The number of rotatable bonds is 5. The molecule has 2 aromatic carbocycles. The summed E-state index contributed by atoms with van der Waals surface area (Å²) in [6, 6.07) is 13.0. The van der Waals surface area contributed by atoms with Crippen LogP contribution in [-0.4, -0.2) is 29.8 Å². The van der Waals surface area contributed by atoms with Crippen LogP contribution in [0, 0.1) is 19.8 Å². The third kappa shape index (κ3) is 3.73. The topological polar surface area (TPSA) is 84.6 Å². The second kappa shape index (κ2) is 8.68. The van der Waals surface area contributed by atoms with E-state index in [1.807, 2.05) is 50.2 Å². The first-order chi connectivity index (χ1) is 15.9. The summed E-state index contributed by atoms with van der Waals surface area (Å²) >= 11 is 0. The molecule has 4 aromatic rings. The Kier molecular flexibility index (Phi) is 5.97. The zero-order valence-electron chi connectivity index (χ0n) is 19.6. The number of hydrogen-bond donors (Lipinski definition) is 0. The van der Waals surface area contributed by atoms with E-state index < -0.39 is 5.97 Å². The van der Waals surface area contributed by atoms with E-state index in [9.17, 15) is 9.90 Å². The van der Waals surface area contributed by atoms with Crippen molar-refractivity contribution in [2.75, 3.05) is 13.2 Å². The fraction of sp³-hybridized carbons (Fsp3) is 0.333. The van der Waals surface area contributed by atoms with Gasteiger partial charge in [-0.25, -0.2) is 4.98 Å². The number of hydrogen-bond acceptors (Lipinski definition) is 6. The Morgan fingerprint density at radius 3 is 2.65 bits per heavy atom. The van der Waals surface area contributed by atoms with E-state index in [-0.39, 0.29) is 40.7 Å². The molecule has 1 saturated heterocycles. The predicted octanol–water partition coefficient (Wildman–Crippen LogP) is 1.58. The number of aryl methyl sites for hydroxylation is 2. The molecule has 6 nitrogen and oxygen atoms in total. The van der Waals surface area contributed by atoms with Crippen molar-refractivity contribution in [3.8, 4) is 17.2 Å². The number of aromatic nitrogens is 1. The number of carboxylic acids is 1. The number of nitrogens with zero attached hydrogens (tertiary/aromatic N) is 1. The van der Waals surface area contributed by atoms with Crippen molar-refractivity contribution in [3.05, 3.63) is 59.2 Å². The second-order valence-corrected chi connectivity index (χ2v) is 9.37. The average molecular weight is 465 g/mol. The van der Waals surface area contributed by atoms with Crippen LogP contribution in [0.25, 0.3) is 33.3 Å². The summed E-state index contributed by atoms with van der Waals surface area (Å²) in [5.41, 5.74) is 3.71. The first-order valence-electron chi connectivity index (χ1n) is 11.4. The predicted molar refractivity (Wildman–Crippen MR) is 122 cm³/mol. The number of furan rings is 1. The number of carboxylic acid groups (broad SMARTS) is 1. The van der Waals surface area contributed by atoms with Crippen molar-refractivity contribution >= 4 is 27.8 Å². The summed E-state index contributed by atoms with van der Waals surface area (Å²) in [6.07, 6.45) is 3.12. The Balaban J connectivity index is 0.00000241. The van der Waals surface area contributed by atoms with Crippen LogP contribution in [0.2, 0.25) is 0 Å². The van der Waals surface area contributed by atoms with Crippen LogP contribution < -0.4 is 39.4 Å². The number of fused-ring (bicyclic) bond motifs is 2. The van der Waals surface area contributed by atoms with Crippen LogP contribution >= 0.6 is 0 Å². The summed E-state index contributed by atoms with van der Waals surface area (Å²) in [4.78, 5) is 17.0. The number of carbonyl (C=O) groups is 1. The number of carbonyl (C=O) groups excluding carboxylic acids is 1. The summed E-state index contributed by atoms with van der Waals surface area (Å²) in [5.74, 6) is 0.231. The number of para-hydroxylation sites is 1. The van der Waals surface area contributed by atoms with Gasteiger partial charge >= 0.3 is 29.6 Å². The Morgan fingerprint density at radius 1 is 1.21 bits per heavy atom. The van der Waals surface area contributed by atoms with Gasteiger partial charge in [-0.1, -0.05) is 24.3 Å². The molecule has 1 aliphatic carbocycles. The first kappa shape index (κ1) is 23.4. The minimum absolute atomic E-state index is 0. The largest absolute Gasteiger partial charge is 1.00 e. The van der Waals surface area contributed by atoms with E-state index >= 15 is 0 Å². The molecular formula is C27H24NNaO5. The van der Waals surface area contributed by atoms with E-state index in [1.165, 1.54) is 6.07 Å². The third-order valence-electron chi connectivity index (χ3n) is 7.18. The van der Waals surface area contributed by atoms with Gasteiger partial charge in [-0.3, -0.25) is 0 Å². The molecule has 6 rings (SSSR count). The molecule has 0 bridgehead atoms. The van der Waals surface area contributed by atoms with Crippen LogP contribution in [0.4, 0.5) is 0 Å². The number of ether oxygens (including phenoxy) is 2. The molecule has 2 aromatic heterocycles. The summed E-state index contributed by atoms with van der Waals surface area (Å²) in [5, 5.41) is 13.7. The molecule has 7 heteroatoms. The number of aromatic carboxylic acids is 1. The monoisotopic (exact) mass is 465 g/mol. The number of pyridine rings is 1. The maximum atomic E-state index is 12.2. The van der Waals surface area contributed by atoms with Crippen molar-refractivity contribution in [2.45, 2.75) is 38.7 Å². The zero-order chi connectivity index (χ0) is 22.7. The van der Waals surface area contributed by atoms with E-state index in [0.29, 0.717) is 40.6 Å². The summed E-state index contributed by atoms with van der Waals surface area (Å²) in [7, 11) is 0. The molecule has 0 N–H and O–H groups in total. The van der Waals surface area contributed by atoms with Crippen molar-refractivity contribution in [3.63, 3.8) is 0 Å². The maximum absolute atomic E-state index is 12.2. The SMILES string of the molecule is Cc1c(-c2cc(C(=O)[O-])c3c(OCC4CC5(CCO5)C4)ccc(C)c3n2)oc2ccccc12.[Na+]. The summed E-state index contributed by atoms with van der Waals surface area (Å²) in [6.45, 7) is 5.25.